The number of nitrogens with one attached hydrogen (secondary N) is 1. The van der Waals surface area contributed by atoms with Crippen LogP contribution in [-0.2, 0) is 4.79 Å². The normalized spacial score (nSPS) is 10.8. The first-order valence-electron chi connectivity index (χ1n) is 4.79. The molecule has 0 saturated carbocycles. The minimum absolute atomic E-state index is 0.0807. The highest BCUT2D eigenvalue weighted by Crippen LogP contribution is 2.23. The molecule has 7 N–H and O–H groups in total. The Morgan fingerprint density at radius 1 is 1.24 bits per heavy atom. The Balaban J connectivity index is 3.05. The van der Waals surface area contributed by atoms with Gasteiger partial charge >= 0.3 is 0 Å². The summed E-state index contributed by atoms with van der Waals surface area (Å²) in [7, 11) is 0. The lowest BCUT2D eigenvalue weighted by atomic mass is 10.2. The summed E-state index contributed by atoms with van der Waals surface area (Å²) in [4.78, 5) is 18.5. The Hall–Kier alpha value is -2.57. The van der Waals surface area contributed by atoms with Gasteiger partial charge in [-0.2, -0.15) is 4.99 Å². The van der Waals surface area contributed by atoms with Crippen molar-refractivity contribution in [3.63, 3.8) is 0 Å². The number of hydrogen-bond acceptors (Lipinski definition) is 2. The molecular formula is C10H14N6O. The van der Waals surface area contributed by atoms with Gasteiger partial charge in [0.2, 0.25) is 11.9 Å². The largest absolute Gasteiger partial charge is 0.370 e. The molecule has 1 aromatic carbocycles. The fourth-order valence-corrected chi connectivity index (χ4v) is 1.15. The zero-order chi connectivity index (χ0) is 12.8. The molecule has 1 amide bonds. The monoisotopic (exact) mass is 234 g/mol. The summed E-state index contributed by atoms with van der Waals surface area (Å²) in [5, 5.41) is 2.62. The van der Waals surface area contributed by atoms with E-state index >= 15 is 0 Å². The molecule has 0 bridgehead atoms. The highest BCUT2D eigenvalue weighted by Gasteiger charge is 2.02. The SMILES string of the molecule is CC(=O)Nc1ccccc1N=C(N)N=C(N)N. The molecule has 0 heterocycles. The number of rotatable bonds is 2. The van der Waals surface area contributed by atoms with Gasteiger partial charge in [0, 0.05) is 6.92 Å². The number of carbonyl (C=O) groups is 1. The topological polar surface area (TPSA) is 132 Å². The highest BCUT2D eigenvalue weighted by atomic mass is 16.1. The maximum atomic E-state index is 11.0. The van der Waals surface area contributed by atoms with Crippen LogP contribution in [0.1, 0.15) is 6.92 Å². The number of hydrogen-bond donors (Lipinski definition) is 4. The van der Waals surface area contributed by atoms with Crippen LogP contribution in [0.5, 0.6) is 0 Å². The zero-order valence-corrected chi connectivity index (χ0v) is 9.34. The van der Waals surface area contributed by atoms with Crippen LogP contribution in [0.2, 0.25) is 0 Å². The number of nitrogens with zero attached hydrogens (tertiary/aromatic N) is 2. The summed E-state index contributed by atoms with van der Waals surface area (Å²) in [6, 6.07) is 6.90. The van der Waals surface area contributed by atoms with Gasteiger partial charge in [-0.15, -0.1) is 0 Å². The van der Waals surface area contributed by atoms with E-state index in [0.29, 0.717) is 11.4 Å². The van der Waals surface area contributed by atoms with E-state index in [2.05, 4.69) is 15.3 Å². The van der Waals surface area contributed by atoms with Crippen LogP contribution in [0, 0.1) is 0 Å². The van der Waals surface area contributed by atoms with Crippen molar-refractivity contribution in [1.82, 2.24) is 0 Å². The molecule has 7 nitrogen and oxygen atoms in total. The quantitative estimate of drug-likeness (QED) is 0.419. The molecule has 90 valence electrons. The first-order chi connectivity index (χ1) is 7.99. The smallest absolute Gasteiger partial charge is 0.223 e. The first kappa shape index (κ1) is 12.5. The zero-order valence-electron chi connectivity index (χ0n) is 9.34. The molecule has 0 atom stereocenters. The number of benzene rings is 1. The number of carbonyl (C=O) groups excluding carboxylic acids is 1. The van der Waals surface area contributed by atoms with E-state index in [1.807, 2.05) is 0 Å². The molecule has 0 unspecified atom stereocenters. The van der Waals surface area contributed by atoms with Crippen molar-refractivity contribution < 1.29 is 4.79 Å². The molecular weight excluding hydrogens is 220 g/mol. The second-order valence-corrected chi connectivity index (χ2v) is 3.21. The van der Waals surface area contributed by atoms with E-state index < -0.39 is 0 Å². The third kappa shape index (κ3) is 4.20. The Bertz CT molecular complexity index is 475. The summed E-state index contributed by atoms with van der Waals surface area (Å²) in [6.45, 7) is 1.40. The third-order valence-corrected chi connectivity index (χ3v) is 1.69. The van der Waals surface area contributed by atoms with Gasteiger partial charge in [0.15, 0.2) is 5.96 Å². The Kier molecular flexibility index (Phi) is 4.04. The van der Waals surface area contributed by atoms with Gasteiger partial charge in [0.1, 0.15) is 0 Å². The molecule has 0 aliphatic rings. The van der Waals surface area contributed by atoms with E-state index in [-0.39, 0.29) is 17.8 Å². The number of nitrogens with two attached hydrogens (primary N) is 3. The predicted molar refractivity (Wildman–Crippen MR) is 67.8 cm³/mol. The van der Waals surface area contributed by atoms with Crippen molar-refractivity contribution >= 4 is 29.2 Å². The third-order valence-electron chi connectivity index (χ3n) is 1.69. The van der Waals surface area contributed by atoms with Crippen LogP contribution in [0.3, 0.4) is 0 Å². The number of aliphatic imine (C=N–C) groups is 2. The minimum Gasteiger partial charge on any atom is -0.370 e. The van der Waals surface area contributed by atoms with Gasteiger partial charge < -0.3 is 22.5 Å². The van der Waals surface area contributed by atoms with E-state index in [1.165, 1.54) is 6.92 Å². The fourth-order valence-electron chi connectivity index (χ4n) is 1.15. The maximum Gasteiger partial charge on any atom is 0.223 e. The van der Waals surface area contributed by atoms with E-state index in [0.717, 1.165) is 0 Å². The van der Waals surface area contributed by atoms with Crippen molar-refractivity contribution in [2.24, 2.45) is 27.2 Å². The Morgan fingerprint density at radius 3 is 2.47 bits per heavy atom. The molecule has 0 radical (unpaired) electrons. The molecule has 17 heavy (non-hydrogen) atoms. The summed E-state index contributed by atoms with van der Waals surface area (Å²) >= 11 is 0. The molecule has 0 fully saturated rings. The van der Waals surface area contributed by atoms with Crippen LogP contribution in [0.15, 0.2) is 34.3 Å². The number of para-hydroxylation sites is 2. The number of amides is 1. The second kappa shape index (κ2) is 5.50. The maximum absolute atomic E-state index is 11.0. The standard InChI is InChI=1S/C10H14N6O/c1-6(17)14-7-4-2-3-5-8(7)15-10(13)16-9(11)12/h2-5H,1H3,(H,14,17)(H6,11,12,13,15,16). The summed E-state index contributed by atoms with van der Waals surface area (Å²) in [6.07, 6.45) is 0. The van der Waals surface area contributed by atoms with Gasteiger partial charge in [-0.05, 0) is 12.1 Å². The predicted octanol–water partition coefficient (Wildman–Crippen LogP) is -0.135. The summed E-state index contributed by atoms with van der Waals surface area (Å²) < 4.78 is 0. The van der Waals surface area contributed by atoms with Crippen molar-refractivity contribution in [1.29, 1.82) is 0 Å². The molecule has 0 aromatic heterocycles. The van der Waals surface area contributed by atoms with Gasteiger partial charge in [-0.25, -0.2) is 4.99 Å². The van der Waals surface area contributed by atoms with Crippen molar-refractivity contribution in [2.45, 2.75) is 6.92 Å². The summed E-state index contributed by atoms with van der Waals surface area (Å²) in [5.74, 6) is -0.459. The van der Waals surface area contributed by atoms with Gasteiger partial charge in [-0.1, -0.05) is 12.1 Å². The lowest BCUT2D eigenvalue weighted by Crippen LogP contribution is -2.26. The van der Waals surface area contributed by atoms with Crippen LogP contribution in [0.25, 0.3) is 0 Å². The number of anilines is 1. The fraction of sp³-hybridized carbons (Fsp3) is 0.100. The molecule has 1 rings (SSSR count). The molecule has 0 spiro atoms. The van der Waals surface area contributed by atoms with Crippen LogP contribution >= 0.6 is 0 Å². The lowest BCUT2D eigenvalue weighted by Gasteiger charge is -2.05. The molecule has 0 aliphatic heterocycles. The van der Waals surface area contributed by atoms with Gasteiger partial charge in [-0.3, -0.25) is 4.79 Å². The van der Waals surface area contributed by atoms with Crippen LogP contribution < -0.4 is 22.5 Å². The highest BCUT2D eigenvalue weighted by molar-refractivity contribution is 5.96. The molecule has 0 aliphatic carbocycles. The summed E-state index contributed by atoms with van der Waals surface area (Å²) in [5.41, 5.74) is 16.8. The van der Waals surface area contributed by atoms with Crippen molar-refractivity contribution in [3.8, 4) is 0 Å². The van der Waals surface area contributed by atoms with E-state index in [9.17, 15) is 4.79 Å². The van der Waals surface area contributed by atoms with Crippen LogP contribution in [0.4, 0.5) is 11.4 Å². The van der Waals surface area contributed by atoms with Gasteiger partial charge in [0.25, 0.3) is 0 Å². The van der Waals surface area contributed by atoms with E-state index in [4.69, 9.17) is 17.2 Å². The first-order valence-corrected chi connectivity index (χ1v) is 4.79. The van der Waals surface area contributed by atoms with Crippen LogP contribution in [-0.4, -0.2) is 17.8 Å². The second-order valence-electron chi connectivity index (χ2n) is 3.21. The average Bonchev–Trinajstić information content (AvgIpc) is 2.18. The van der Waals surface area contributed by atoms with Crippen molar-refractivity contribution in [2.75, 3.05) is 5.32 Å². The Labute approximate surface area is 98.4 Å². The number of guanidine groups is 2. The molecule has 7 heteroatoms. The van der Waals surface area contributed by atoms with Crippen molar-refractivity contribution in [3.05, 3.63) is 24.3 Å². The lowest BCUT2D eigenvalue weighted by molar-refractivity contribution is -0.114. The van der Waals surface area contributed by atoms with Gasteiger partial charge in [0.05, 0.1) is 11.4 Å². The molecule has 0 saturated heterocycles. The average molecular weight is 234 g/mol. The van der Waals surface area contributed by atoms with E-state index in [1.54, 1.807) is 24.3 Å². The Morgan fingerprint density at radius 2 is 1.88 bits per heavy atom. The molecule has 1 aromatic rings. The minimum atomic E-state index is -0.201.